The van der Waals surface area contributed by atoms with Crippen LogP contribution in [-0.2, 0) is 31.7 Å². The number of halogens is 2. The van der Waals surface area contributed by atoms with Crippen molar-refractivity contribution in [2.45, 2.75) is 66.2 Å². The first-order valence-corrected chi connectivity index (χ1v) is 16.0. The van der Waals surface area contributed by atoms with Gasteiger partial charge in [0.2, 0.25) is 0 Å². The summed E-state index contributed by atoms with van der Waals surface area (Å²) in [6.45, 7) is 18.2. The number of hydrogen-bond acceptors (Lipinski definition) is 0. The second kappa shape index (κ2) is 9.11. The third-order valence-corrected chi connectivity index (χ3v) is 5.07. The normalized spacial score (nSPS) is 11.9. The summed E-state index contributed by atoms with van der Waals surface area (Å²) < 4.78 is 0. The van der Waals surface area contributed by atoms with E-state index >= 15 is 0 Å². The molecule has 0 saturated carbocycles. The molecule has 3 aromatic carbocycles. The van der Waals surface area contributed by atoms with Crippen molar-refractivity contribution < 1.29 is 20.8 Å². The van der Waals surface area contributed by atoms with Crippen LogP contribution in [0.5, 0.6) is 0 Å². The van der Waals surface area contributed by atoms with Crippen LogP contribution in [0.15, 0.2) is 42.5 Å². The Hall–Kier alpha value is -0.487. The summed E-state index contributed by atoms with van der Waals surface area (Å²) in [5, 5.41) is 2.74. The van der Waals surface area contributed by atoms with Gasteiger partial charge < -0.3 is 0 Å². The second-order valence-electron chi connectivity index (χ2n) is 9.68. The van der Waals surface area contributed by atoms with Gasteiger partial charge in [0, 0.05) is 0 Å². The molecule has 3 heteroatoms. The Morgan fingerprint density at radius 1 is 0.786 bits per heavy atom. The fourth-order valence-corrected chi connectivity index (χ4v) is 3.77. The first-order chi connectivity index (χ1) is 12.9. The van der Waals surface area contributed by atoms with Crippen LogP contribution in [0.4, 0.5) is 0 Å². The van der Waals surface area contributed by atoms with Crippen LogP contribution in [0, 0.1) is 13.8 Å². The molecule has 28 heavy (non-hydrogen) atoms. The molecule has 0 spiro atoms. The van der Waals surface area contributed by atoms with Gasteiger partial charge in [0.1, 0.15) is 0 Å². The molecule has 0 saturated heterocycles. The topological polar surface area (TPSA) is 0 Å². The number of benzene rings is 2. The molecule has 0 atom stereocenters. The number of hydrogen-bond donors (Lipinski definition) is 0. The van der Waals surface area contributed by atoms with Crippen molar-refractivity contribution in [3.05, 3.63) is 64.7 Å². The van der Waals surface area contributed by atoms with Crippen LogP contribution in [0.3, 0.4) is 0 Å². The summed E-state index contributed by atoms with van der Waals surface area (Å²) in [6, 6.07) is 16.3. The maximum atomic E-state index is 4.93. The molecule has 0 unspecified atom stereocenters. The Bertz CT molecular complexity index is 933. The standard InChI is InChI=1S/C25H31.2ClH.Zr/c1-16-11-17(2)13-19(12-16)23-21-15-20(24(3,4)5)14-18(21)9-10-22(23)25(6,7)8;;;/h9-15H,1-8H3;2*1H;/q-1;;;+2/p-2. The number of aryl methyl sites for hydroxylation is 2. The predicted molar refractivity (Wildman–Crippen MR) is 124 cm³/mol. The molecule has 0 fully saturated rings. The number of fused-ring (bicyclic) bond motifs is 1. The van der Waals surface area contributed by atoms with Gasteiger partial charge in [-0.05, 0) is 30.2 Å². The van der Waals surface area contributed by atoms with E-state index in [2.05, 4.69) is 97.9 Å². The van der Waals surface area contributed by atoms with Gasteiger partial charge in [-0.15, -0.1) is 34.5 Å². The molecular weight excluding hydrogens is 462 g/mol. The van der Waals surface area contributed by atoms with Crippen molar-refractivity contribution in [1.29, 1.82) is 0 Å². The van der Waals surface area contributed by atoms with E-state index in [1.165, 1.54) is 44.2 Å². The fourth-order valence-electron chi connectivity index (χ4n) is 3.77. The fraction of sp³-hybridized carbons (Fsp3) is 0.400. The van der Waals surface area contributed by atoms with Crippen molar-refractivity contribution in [3.8, 4) is 11.1 Å². The quantitative estimate of drug-likeness (QED) is 0.297. The minimum atomic E-state index is -0.826. The van der Waals surface area contributed by atoms with Crippen molar-refractivity contribution >= 4 is 27.8 Å². The Kier molecular flexibility index (Phi) is 7.74. The number of rotatable bonds is 1. The third-order valence-electron chi connectivity index (χ3n) is 5.07. The van der Waals surface area contributed by atoms with Crippen LogP contribution in [-0.4, -0.2) is 0 Å². The monoisotopic (exact) mass is 491 g/mol. The summed E-state index contributed by atoms with van der Waals surface area (Å²) in [5.74, 6) is 0. The molecule has 0 aliphatic rings. The molecule has 0 radical (unpaired) electrons. The zero-order valence-corrected chi connectivity index (χ0v) is 22.3. The van der Waals surface area contributed by atoms with Gasteiger partial charge >= 0.3 is 37.9 Å². The summed E-state index contributed by atoms with van der Waals surface area (Å²) in [7, 11) is 9.87. The summed E-state index contributed by atoms with van der Waals surface area (Å²) in [4.78, 5) is 0. The van der Waals surface area contributed by atoms with Gasteiger partial charge in [0.25, 0.3) is 0 Å². The van der Waals surface area contributed by atoms with Crippen LogP contribution < -0.4 is 0 Å². The molecule has 0 aliphatic carbocycles. The first-order valence-electron chi connectivity index (χ1n) is 9.68. The van der Waals surface area contributed by atoms with E-state index in [1.807, 2.05) is 0 Å². The summed E-state index contributed by atoms with van der Waals surface area (Å²) in [5.41, 5.74) is 8.53. The zero-order chi connectivity index (χ0) is 21.3. The maximum absolute atomic E-state index is 4.93. The zero-order valence-electron chi connectivity index (χ0n) is 18.3. The summed E-state index contributed by atoms with van der Waals surface area (Å²) in [6.07, 6.45) is 0. The molecule has 0 N–H and O–H groups in total. The molecule has 0 amide bonds. The molecule has 0 bridgehead atoms. The first kappa shape index (κ1) is 23.8. The van der Waals surface area contributed by atoms with E-state index in [1.54, 1.807) is 0 Å². The van der Waals surface area contributed by atoms with Gasteiger partial charge in [0.15, 0.2) is 0 Å². The molecule has 3 rings (SSSR count). The van der Waals surface area contributed by atoms with Gasteiger partial charge in [-0.1, -0.05) is 82.0 Å². The Morgan fingerprint density at radius 2 is 1.32 bits per heavy atom. The van der Waals surface area contributed by atoms with Gasteiger partial charge in [-0.25, -0.2) is 0 Å². The molecule has 0 aliphatic heterocycles. The van der Waals surface area contributed by atoms with Crippen LogP contribution in [0.25, 0.3) is 21.9 Å². The van der Waals surface area contributed by atoms with E-state index in [4.69, 9.17) is 17.0 Å². The second-order valence-corrected chi connectivity index (χ2v) is 13.4. The van der Waals surface area contributed by atoms with E-state index in [0.29, 0.717) is 0 Å². The SMILES string of the molecule is Cc1cc(C)cc(-c2c(C(C)(C)C)ccc3[cH-]c(C(C)(C)C)cc23)c1.[Cl][Zr][Cl]. The van der Waals surface area contributed by atoms with Crippen LogP contribution >= 0.6 is 17.0 Å². The van der Waals surface area contributed by atoms with Gasteiger partial charge in [0.05, 0.1) is 0 Å². The van der Waals surface area contributed by atoms with Gasteiger partial charge in [-0.3, -0.25) is 0 Å². The Balaban J connectivity index is 0.000000878. The predicted octanol–water partition coefficient (Wildman–Crippen LogP) is 8.81. The molecule has 3 aromatic rings. The molecule has 0 nitrogen and oxygen atoms in total. The Labute approximate surface area is 189 Å². The van der Waals surface area contributed by atoms with E-state index in [9.17, 15) is 0 Å². The molecule has 0 heterocycles. The third kappa shape index (κ3) is 5.56. The van der Waals surface area contributed by atoms with Crippen LogP contribution in [0.1, 0.15) is 63.8 Å². The van der Waals surface area contributed by atoms with Crippen LogP contribution in [0.2, 0.25) is 0 Å². The van der Waals surface area contributed by atoms with Crippen molar-refractivity contribution in [2.75, 3.05) is 0 Å². The van der Waals surface area contributed by atoms with E-state index in [-0.39, 0.29) is 10.8 Å². The summed E-state index contributed by atoms with van der Waals surface area (Å²) >= 11 is -0.826. The molecule has 0 aromatic heterocycles. The van der Waals surface area contributed by atoms with Crippen molar-refractivity contribution in [1.82, 2.24) is 0 Å². The van der Waals surface area contributed by atoms with Crippen molar-refractivity contribution in [2.24, 2.45) is 0 Å². The average molecular weight is 494 g/mol. The van der Waals surface area contributed by atoms with E-state index in [0.717, 1.165) is 0 Å². The van der Waals surface area contributed by atoms with Gasteiger partial charge in [-0.2, -0.15) is 6.07 Å². The van der Waals surface area contributed by atoms with Crippen molar-refractivity contribution in [3.63, 3.8) is 0 Å². The molecular formula is C25H31Cl2Zr-. The van der Waals surface area contributed by atoms with E-state index < -0.39 is 20.8 Å². The average Bonchev–Trinajstić information content (AvgIpc) is 2.97. The Morgan fingerprint density at radius 3 is 1.79 bits per heavy atom. The minimum absolute atomic E-state index is 0.111. The molecule has 150 valence electrons.